The summed E-state index contributed by atoms with van der Waals surface area (Å²) in [6.45, 7) is 1.70. The van der Waals surface area contributed by atoms with Crippen LogP contribution in [-0.2, 0) is 16.1 Å². The Hall–Kier alpha value is -3.57. The molecular formula is C24H20ClN3O2. The second-order valence-electron chi connectivity index (χ2n) is 6.92. The Morgan fingerprint density at radius 2 is 1.47 bits per heavy atom. The van der Waals surface area contributed by atoms with Crippen molar-refractivity contribution in [2.45, 2.75) is 13.5 Å². The topological polar surface area (TPSA) is 61.4 Å². The van der Waals surface area contributed by atoms with Gasteiger partial charge < -0.3 is 15.5 Å². The van der Waals surface area contributed by atoms with Crippen LogP contribution < -0.4 is 10.6 Å². The van der Waals surface area contributed by atoms with Gasteiger partial charge in [-0.1, -0.05) is 72.3 Å². The minimum atomic E-state index is -0.381. The van der Waals surface area contributed by atoms with Gasteiger partial charge in [-0.2, -0.15) is 0 Å². The zero-order valence-electron chi connectivity index (χ0n) is 16.4. The second-order valence-corrected chi connectivity index (χ2v) is 7.33. The van der Waals surface area contributed by atoms with Crippen LogP contribution in [0.5, 0.6) is 0 Å². The van der Waals surface area contributed by atoms with E-state index in [-0.39, 0.29) is 24.1 Å². The molecule has 0 aromatic heterocycles. The molecule has 0 spiro atoms. The summed E-state index contributed by atoms with van der Waals surface area (Å²) in [6, 6.07) is 24.2. The predicted molar refractivity (Wildman–Crippen MR) is 120 cm³/mol. The second kappa shape index (κ2) is 8.43. The molecule has 6 heteroatoms. The molecule has 0 saturated heterocycles. The first-order valence-corrected chi connectivity index (χ1v) is 9.91. The van der Waals surface area contributed by atoms with Gasteiger partial charge in [-0.3, -0.25) is 9.59 Å². The molecule has 150 valence electrons. The van der Waals surface area contributed by atoms with Crippen molar-refractivity contribution in [3.05, 3.63) is 101 Å². The fourth-order valence-electron chi connectivity index (χ4n) is 3.42. The summed E-state index contributed by atoms with van der Waals surface area (Å²) in [7, 11) is 0. The third kappa shape index (κ3) is 3.93. The molecule has 1 aliphatic rings. The Bertz CT molecular complexity index is 1140. The molecule has 3 aromatic rings. The number of carbonyl (C=O) groups excluding carboxylic acids is 2. The van der Waals surface area contributed by atoms with Crippen LogP contribution in [0.15, 0.2) is 84.6 Å². The van der Waals surface area contributed by atoms with Gasteiger partial charge in [-0.05, 0) is 23.8 Å². The van der Waals surface area contributed by atoms with E-state index in [1.165, 1.54) is 11.8 Å². The van der Waals surface area contributed by atoms with E-state index >= 15 is 0 Å². The highest BCUT2D eigenvalue weighted by Crippen LogP contribution is 2.35. The van der Waals surface area contributed by atoms with Crippen LogP contribution in [0, 0.1) is 0 Å². The third-order valence-corrected chi connectivity index (χ3v) is 5.19. The van der Waals surface area contributed by atoms with Crippen LogP contribution in [0.1, 0.15) is 18.1 Å². The van der Waals surface area contributed by atoms with Crippen LogP contribution >= 0.6 is 11.6 Å². The molecule has 0 fully saturated rings. The maximum Gasteiger partial charge on any atom is 0.274 e. The van der Waals surface area contributed by atoms with Gasteiger partial charge in [0.2, 0.25) is 5.91 Å². The fourth-order valence-corrected chi connectivity index (χ4v) is 3.65. The predicted octanol–water partition coefficient (Wildman–Crippen LogP) is 5.12. The van der Waals surface area contributed by atoms with Crippen molar-refractivity contribution in [1.29, 1.82) is 0 Å². The highest BCUT2D eigenvalue weighted by Gasteiger charge is 2.30. The lowest BCUT2D eigenvalue weighted by Gasteiger charge is -2.26. The average Bonchev–Trinajstić information content (AvgIpc) is 2.89. The fraction of sp³-hybridized carbons (Fsp3) is 0.0833. The number of halogens is 1. The molecule has 0 atom stereocenters. The van der Waals surface area contributed by atoms with E-state index in [2.05, 4.69) is 10.6 Å². The zero-order valence-corrected chi connectivity index (χ0v) is 17.1. The van der Waals surface area contributed by atoms with Crippen LogP contribution in [0.3, 0.4) is 0 Å². The molecule has 0 bridgehead atoms. The van der Waals surface area contributed by atoms with Crippen LogP contribution in [0.25, 0.3) is 5.70 Å². The first-order chi connectivity index (χ1) is 14.5. The average molecular weight is 418 g/mol. The minimum Gasteiger partial charge on any atom is -0.351 e. The number of nitrogens with zero attached hydrogens (tertiary/aromatic N) is 1. The minimum absolute atomic E-state index is 0.218. The van der Waals surface area contributed by atoms with E-state index in [0.717, 1.165) is 11.3 Å². The first-order valence-electron chi connectivity index (χ1n) is 9.53. The van der Waals surface area contributed by atoms with Crippen molar-refractivity contribution in [3.63, 3.8) is 0 Å². The van der Waals surface area contributed by atoms with E-state index in [4.69, 9.17) is 11.6 Å². The van der Waals surface area contributed by atoms with Crippen LogP contribution in [-0.4, -0.2) is 16.7 Å². The van der Waals surface area contributed by atoms with E-state index in [0.29, 0.717) is 22.0 Å². The number of para-hydroxylation sites is 2. The molecule has 0 unspecified atom stereocenters. The number of benzene rings is 3. The quantitative estimate of drug-likeness (QED) is 0.619. The van der Waals surface area contributed by atoms with E-state index in [1.807, 2.05) is 72.8 Å². The summed E-state index contributed by atoms with van der Waals surface area (Å²) in [4.78, 5) is 27.5. The van der Waals surface area contributed by atoms with Crippen LogP contribution in [0.2, 0.25) is 5.02 Å². The number of hydrogen-bond acceptors (Lipinski definition) is 3. The van der Waals surface area contributed by atoms with Crippen molar-refractivity contribution in [2.75, 3.05) is 10.6 Å². The van der Waals surface area contributed by atoms with E-state index in [1.54, 1.807) is 6.07 Å². The number of carbonyl (C=O) groups is 2. The molecular weight excluding hydrogens is 398 g/mol. The Morgan fingerprint density at radius 1 is 0.867 bits per heavy atom. The Kier molecular flexibility index (Phi) is 5.55. The Balaban J connectivity index is 1.91. The van der Waals surface area contributed by atoms with Crippen LogP contribution in [0.4, 0.5) is 11.4 Å². The largest absolute Gasteiger partial charge is 0.351 e. The normalized spacial score (nSPS) is 13.1. The number of anilines is 2. The van der Waals surface area contributed by atoms with E-state index in [9.17, 15) is 9.59 Å². The molecule has 4 rings (SSSR count). The highest BCUT2D eigenvalue weighted by molar-refractivity contribution is 6.33. The molecule has 0 radical (unpaired) electrons. The zero-order chi connectivity index (χ0) is 21.1. The molecule has 1 aliphatic heterocycles. The van der Waals surface area contributed by atoms with Crippen molar-refractivity contribution in [3.8, 4) is 0 Å². The number of hydrogen-bond donors (Lipinski definition) is 2. The summed E-state index contributed by atoms with van der Waals surface area (Å²) in [6.07, 6.45) is 0. The summed E-state index contributed by atoms with van der Waals surface area (Å²) in [5.41, 5.74) is 3.60. The lowest BCUT2D eigenvalue weighted by Crippen LogP contribution is -2.35. The van der Waals surface area contributed by atoms with Gasteiger partial charge in [0, 0.05) is 17.5 Å². The lowest BCUT2D eigenvalue weighted by atomic mass is 10.1. The highest BCUT2D eigenvalue weighted by atomic mass is 35.5. The van der Waals surface area contributed by atoms with E-state index < -0.39 is 0 Å². The molecule has 30 heavy (non-hydrogen) atoms. The third-order valence-electron chi connectivity index (χ3n) is 4.86. The summed E-state index contributed by atoms with van der Waals surface area (Å²) < 4.78 is 0. The van der Waals surface area contributed by atoms with Gasteiger partial charge in [-0.25, -0.2) is 0 Å². The van der Waals surface area contributed by atoms with Gasteiger partial charge in [-0.15, -0.1) is 0 Å². The summed E-state index contributed by atoms with van der Waals surface area (Å²) in [5.74, 6) is -0.630. The number of fused-ring (bicyclic) bond motifs is 1. The van der Waals surface area contributed by atoms with Gasteiger partial charge in [0.1, 0.15) is 5.70 Å². The number of amides is 2. The van der Waals surface area contributed by atoms with Gasteiger partial charge in [0.25, 0.3) is 5.91 Å². The van der Waals surface area contributed by atoms with Gasteiger partial charge >= 0.3 is 0 Å². The maximum absolute atomic E-state index is 13.4. The maximum atomic E-state index is 13.4. The molecule has 0 aliphatic carbocycles. The molecule has 2 N–H and O–H groups in total. The lowest BCUT2D eigenvalue weighted by molar-refractivity contribution is -0.130. The van der Waals surface area contributed by atoms with Gasteiger partial charge in [0.05, 0.1) is 23.6 Å². The van der Waals surface area contributed by atoms with Gasteiger partial charge in [0.15, 0.2) is 0 Å². The Morgan fingerprint density at radius 3 is 2.13 bits per heavy atom. The smallest absolute Gasteiger partial charge is 0.274 e. The summed E-state index contributed by atoms with van der Waals surface area (Å²) >= 11 is 6.49. The van der Waals surface area contributed by atoms with Crippen molar-refractivity contribution >= 4 is 40.5 Å². The monoisotopic (exact) mass is 417 g/mol. The molecule has 2 amide bonds. The number of nitrogens with one attached hydrogen (secondary N) is 2. The molecule has 1 heterocycles. The number of rotatable bonds is 4. The van der Waals surface area contributed by atoms with Crippen molar-refractivity contribution in [1.82, 2.24) is 4.90 Å². The summed E-state index contributed by atoms with van der Waals surface area (Å²) in [5, 5.41) is 6.73. The molecule has 0 saturated carbocycles. The Labute approximate surface area is 180 Å². The van der Waals surface area contributed by atoms with Crippen molar-refractivity contribution in [2.24, 2.45) is 0 Å². The standard InChI is InChI=1S/C24H20ClN3O2/c1-16(29)28(15-17-9-3-2-4-10-17)23-22(18-11-5-6-12-19(18)25)26-20-13-7-8-14-21(20)27-24(23)30/h2-14,26H,15H2,1H3,(H,27,30). The van der Waals surface area contributed by atoms with Crippen molar-refractivity contribution < 1.29 is 9.59 Å². The SMILES string of the molecule is CC(=O)N(Cc1ccccc1)C1=C(c2ccccc2Cl)Nc2ccccc2NC1=O. The first kappa shape index (κ1) is 19.7. The molecule has 3 aromatic carbocycles. The molecule has 5 nitrogen and oxygen atoms in total.